The molecule has 0 unspecified atom stereocenters. The molecule has 0 spiro atoms. The lowest BCUT2D eigenvalue weighted by Crippen LogP contribution is -2.32. The van der Waals surface area contributed by atoms with E-state index in [1.807, 2.05) is 6.92 Å². The lowest BCUT2D eigenvalue weighted by atomic mass is 10.2. The number of hydrogen-bond acceptors (Lipinski definition) is 6. The Balaban J connectivity index is 2.37. The molecule has 7 nitrogen and oxygen atoms in total. The van der Waals surface area contributed by atoms with E-state index >= 15 is 0 Å². The van der Waals surface area contributed by atoms with Gasteiger partial charge >= 0.3 is 5.97 Å². The van der Waals surface area contributed by atoms with Crippen LogP contribution >= 0.6 is 11.8 Å². The molecule has 1 atom stereocenters. The van der Waals surface area contributed by atoms with Gasteiger partial charge in [-0.05, 0) is 25.5 Å². The van der Waals surface area contributed by atoms with Crippen LogP contribution in [0.25, 0.3) is 10.9 Å². The van der Waals surface area contributed by atoms with E-state index in [0.717, 1.165) is 6.42 Å². The first kappa shape index (κ1) is 20.0. The highest BCUT2D eigenvalue weighted by atomic mass is 32.2. The standard InChI is InChI=1S/C18H23N3O4S/c1-4-10-19-16(23)12(2)26-18-20-14-8-6-5-7-13(14)17(24)21(18)11-9-15(22)25-3/h5-8,12H,4,9-11H2,1-3H3,(H,19,23)/t12-/m0/s1. The van der Waals surface area contributed by atoms with E-state index in [2.05, 4.69) is 15.0 Å². The number of methoxy groups -OCH3 is 1. The van der Waals surface area contributed by atoms with E-state index in [4.69, 9.17) is 0 Å². The van der Waals surface area contributed by atoms with Gasteiger partial charge in [-0.1, -0.05) is 30.8 Å². The van der Waals surface area contributed by atoms with Crippen LogP contribution in [0.3, 0.4) is 0 Å². The van der Waals surface area contributed by atoms with Crippen LogP contribution in [-0.4, -0.2) is 40.3 Å². The average Bonchev–Trinajstić information content (AvgIpc) is 2.65. The van der Waals surface area contributed by atoms with E-state index in [1.54, 1.807) is 31.2 Å². The van der Waals surface area contributed by atoms with Crippen LogP contribution in [0, 0.1) is 0 Å². The summed E-state index contributed by atoms with van der Waals surface area (Å²) in [5, 5.41) is 3.31. The molecule has 0 bridgehead atoms. The first-order valence-electron chi connectivity index (χ1n) is 8.48. The maximum Gasteiger partial charge on any atom is 0.307 e. The van der Waals surface area contributed by atoms with E-state index in [1.165, 1.54) is 23.4 Å². The van der Waals surface area contributed by atoms with Gasteiger partial charge in [0.15, 0.2) is 5.16 Å². The van der Waals surface area contributed by atoms with Gasteiger partial charge in [0.25, 0.3) is 5.56 Å². The number of carbonyl (C=O) groups excluding carboxylic acids is 2. The van der Waals surface area contributed by atoms with Crippen molar-refractivity contribution in [2.75, 3.05) is 13.7 Å². The Morgan fingerprint density at radius 2 is 2.08 bits per heavy atom. The summed E-state index contributed by atoms with van der Waals surface area (Å²) in [6, 6.07) is 7.03. The van der Waals surface area contributed by atoms with E-state index in [9.17, 15) is 14.4 Å². The summed E-state index contributed by atoms with van der Waals surface area (Å²) < 4.78 is 6.10. The maximum atomic E-state index is 12.8. The van der Waals surface area contributed by atoms with Crippen LogP contribution in [0.15, 0.2) is 34.2 Å². The highest BCUT2D eigenvalue weighted by molar-refractivity contribution is 8.00. The van der Waals surface area contributed by atoms with Crippen LogP contribution < -0.4 is 10.9 Å². The van der Waals surface area contributed by atoms with Crippen molar-refractivity contribution in [1.29, 1.82) is 0 Å². The Morgan fingerprint density at radius 1 is 1.35 bits per heavy atom. The Bertz CT molecular complexity index is 850. The van der Waals surface area contributed by atoms with Crippen LogP contribution in [0.4, 0.5) is 0 Å². The van der Waals surface area contributed by atoms with Crippen molar-refractivity contribution >= 4 is 34.5 Å². The molecule has 0 saturated heterocycles. The fraction of sp³-hybridized carbons (Fsp3) is 0.444. The molecule has 2 aromatic rings. The third-order valence-corrected chi connectivity index (χ3v) is 4.88. The summed E-state index contributed by atoms with van der Waals surface area (Å²) in [6.45, 7) is 4.49. The number of aromatic nitrogens is 2. The van der Waals surface area contributed by atoms with Gasteiger partial charge in [0, 0.05) is 13.1 Å². The number of carbonyl (C=O) groups is 2. The number of nitrogens with zero attached hydrogens (tertiary/aromatic N) is 2. The van der Waals surface area contributed by atoms with Gasteiger partial charge in [-0.2, -0.15) is 0 Å². The molecule has 1 N–H and O–H groups in total. The number of nitrogens with one attached hydrogen (secondary N) is 1. The first-order chi connectivity index (χ1) is 12.5. The zero-order valence-corrected chi connectivity index (χ0v) is 16.0. The first-order valence-corrected chi connectivity index (χ1v) is 9.36. The number of para-hydroxylation sites is 1. The van der Waals surface area contributed by atoms with Gasteiger partial charge in [-0.15, -0.1) is 0 Å². The summed E-state index contributed by atoms with van der Waals surface area (Å²) in [7, 11) is 1.31. The van der Waals surface area contributed by atoms with E-state index < -0.39 is 11.2 Å². The van der Waals surface area contributed by atoms with Crippen LogP contribution in [-0.2, 0) is 20.9 Å². The molecule has 2 rings (SSSR count). The summed E-state index contributed by atoms with van der Waals surface area (Å²) in [5.41, 5.74) is 0.332. The van der Waals surface area contributed by atoms with Gasteiger partial charge in [0.05, 0.1) is 29.7 Å². The Labute approximate surface area is 156 Å². The molecule has 0 saturated carbocycles. The number of esters is 1. The summed E-state index contributed by atoms with van der Waals surface area (Å²) in [6.07, 6.45) is 0.904. The molecule has 1 aromatic carbocycles. The largest absolute Gasteiger partial charge is 0.469 e. The molecule has 0 aliphatic rings. The second-order valence-electron chi connectivity index (χ2n) is 5.75. The van der Waals surface area contributed by atoms with Gasteiger partial charge < -0.3 is 10.1 Å². The molecule has 8 heteroatoms. The lowest BCUT2D eigenvalue weighted by molar-refractivity contribution is -0.140. The smallest absolute Gasteiger partial charge is 0.307 e. The van der Waals surface area contributed by atoms with Crippen molar-refractivity contribution in [3.05, 3.63) is 34.6 Å². The average molecular weight is 377 g/mol. The molecule has 0 radical (unpaired) electrons. The minimum Gasteiger partial charge on any atom is -0.469 e. The van der Waals surface area contributed by atoms with Gasteiger partial charge in [0.1, 0.15) is 0 Å². The van der Waals surface area contributed by atoms with Crippen molar-refractivity contribution in [2.45, 2.75) is 43.6 Å². The molecule has 1 amide bonds. The Morgan fingerprint density at radius 3 is 2.77 bits per heavy atom. The fourth-order valence-electron chi connectivity index (χ4n) is 2.34. The topological polar surface area (TPSA) is 90.3 Å². The zero-order chi connectivity index (χ0) is 19.1. The number of rotatable bonds is 8. The molecule has 140 valence electrons. The molecule has 0 aliphatic carbocycles. The predicted molar refractivity (Wildman–Crippen MR) is 101 cm³/mol. The molecular weight excluding hydrogens is 354 g/mol. The highest BCUT2D eigenvalue weighted by Crippen LogP contribution is 2.23. The third kappa shape index (κ3) is 4.85. The van der Waals surface area contributed by atoms with E-state index in [0.29, 0.717) is 22.6 Å². The lowest BCUT2D eigenvalue weighted by Gasteiger charge is -2.16. The number of hydrogen-bond donors (Lipinski definition) is 1. The number of ether oxygens (including phenoxy) is 1. The second kappa shape index (κ2) is 9.38. The highest BCUT2D eigenvalue weighted by Gasteiger charge is 2.19. The number of benzene rings is 1. The molecule has 1 aromatic heterocycles. The zero-order valence-electron chi connectivity index (χ0n) is 15.2. The van der Waals surface area contributed by atoms with Crippen molar-refractivity contribution in [2.24, 2.45) is 0 Å². The summed E-state index contributed by atoms with van der Waals surface area (Å²) >= 11 is 1.20. The summed E-state index contributed by atoms with van der Waals surface area (Å²) in [5.74, 6) is -0.520. The quantitative estimate of drug-likeness (QED) is 0.430. The van der Waals surface area contributed by atoms with E-state index in [-0.39, 0.29) is 24.4 Å². The minimum atomic E-state index is -0.418. The number of amides is 1. The van der Waals surface area contributed by atoms with Crippen LogP contribution in [0.1, 0.15) is 26.7 Å². The molecule has 0 fully saturated rings. The molecule has 1 heterocycles. The van der Waals surface area contributed by atoms with Crippen LogP contribution in [0.5, 0.6) is 0 Å². The molecular formula is C18H23N3O4S. The minimum absolute atomic E-state index is 0.0560. The SMILES string of the molecule is CCCNC(=O)[C@H](C)Sc1nc2ccccc2c(=O)n1CCC(=O)OC. The third-order valence-electron chi connectivity index (χ3n) is 3.79. The predicted octanol–water partition coefficient (Wildman–Crippen LogP) is 1.97. The number of fused-ring (bicyclic) bond motifs is 1. The summed E-state index contributed by atoms with van der Waals surface area (Å²) in [4.78, 5) is 41.0. The van der Waals surface area contributed by atoms with Crippen molar-refractivity contribution in [3.8, 4) is 0 Å². The molecule has 0 aliphatic heterocycles. The van der Waals surface area contributed by atoms with Crippen molar-refractivity contribution in [3.63, 3.8) is 0 Å². The van der Waals surface area contributed by atoms with Gasteiger partial charge in [-0.25, -0.2) is 4.98 Å². The fourth-order valence-corrected chi connectivity index (χ4v) is 3.30. The normalized spacial score (nSPS) is 12.0. The Hall–Kier alpha value is -2.35. The van der Waals surface area contributed by atoms with Crippen molar-refractivity contribution in [1.82, 2.24) is 14.9 Å². The number of thioether (sulfide) groups is 1. The monoisotopic (exact) mass is 377 g/mol. The maximum absolute atomic E-state index is 12.8. The molecule has 26 heavy (non-hydrogen) atoms. The van der Waals surface area contributed by atoms with Gasteiger partial charge in [0.2, 0.25) is 5.91 Å². The van der Waals surface area contributed by atoms with Gasteiger partial charge in [-0.3, -0.25) is 19.0 Å². The van der Waals surface area contributed by atoms with Crippen LogP contribution in [0.2, 0.25) is 0 Å². The second-order valence-corrected chi connectivity index (χ2v) is 7.05. The Kier molecular flexibility index (Phi) is 7.20. The van der Waals surface area contributed by atoms with Crippen molar-refractivity contribution < 1.29 is 14.3 Å².